The van der Waals surface area contributed by atoms with E-state index in [0.717, 1.165) is 62.0 Å². The molecule has 0 saturated heterocycles. The second kappa shape index (κ2) is 19.5. The zero-order chi connectivity index (χ0) is 47.3. The van der Waals surface area contributed by atoms with Gasteiger partial charge >= 0.3 is 0 Å². The second-order valence-electron chi connectivity index (χ2n) is 20.3. The van der Waals surface area contributed by atoms with Crippen LogP contribution >= 0.6 is 0 Å². The third kappa shape index (κ3) is 9.26. The van der Waals surface area contributed by atoms with Crippen LogP contribution in [0.3, 0.4) is 0 Å². The van der Waals surface area contributed by atoms with E-state index in [1.165, 1.54) is 60.2 Å². The van der Waals surface area contributed by atoms with Crippen molar-refractivity contribution in [3.8, 4) is 39.5 Å². The van der Waals surface area contributed by atoms with Crippen LogP contribution in [0.25, 0.3) is 94.0 Å². The first-order valence-corrected chi connectivity index (χ1v) is 27.7. The fourth-order valence-electron chi connectivity index (χ4n) is 9.93. The number of hydrogen-bond acceptors (Lipinski definition) is 3. The number of aromatic nitrogens is 3. The van der Waals surface area contributed by atoms with Crippen molar-refractivity contribution >= 4 is 67.8 Å². The summed E-state index contributed by atoms with van der Waals surface area (Å²) in [6, 6.07) is 62.7. The third-order valence-electron chi connectivity index (χ3n) is 13.2. The molecule has 0 saturated carbocycles. The number of furan rings is 1. The smallest absolute Gasteiger partial charge is 0.121 e. The zero-order valence-corrected chi connectivity index (χ0v) is 44.5. The van der Waals surface area contributed by atoms with E-state index >= 15 is 0 Å². The van der Waals surface area contributed by atoms with E-state index < -0.39 is 8.07 Å². The zero-order valence-electron chi connectivity index (χ0n) is 41.1. The normalized spacial score (nSPS) is 11.9. The van der Waals surface area contributed by atoms with Gasteiger partial charge < -0.3 is 14.0 Å². The standard InChI is InChI=1S/C45H35N2O.C18H24NSi.Ir/c1-27(2)36-24-32(29-13-6-5-7-14-29)25-37(28(3)4)43(36)47-41-20-11-10-19-40(41)46-45(47)35-18-12-17-34-39-23-31-22-21-30-15-8-9-16-33(30)38(31)26-42(39)48-44(34)35;1-14(2)11-16-12-17(15-9-7-6-8-10-15)19-13-18(16)20(3,4)5;/h5-17,19-28H,1-4H3;6-9,12-14H,11H2,1-5H3;/q2*-1;. The molecular weight excluding hydrogens is 1040 g/mol. The molecule has 0 N–H and O–H groups in total. The van der Waals surface area contributed by atoms with Gasteiger partial charge in [0.1, 0.15) is 5.58 Å². The summed E-state index contributed by atoms with van der Waals surface area (Å²) in [5, 5.41) is 8.51. The number of imidazole rings is 1. The summed E-state index contributed by atoms with van der Waals surface area (Å²) in [5.74, 6) is 2.07. The molecule has 11 rings (SSSR count). The average molecular weight is 1090 g/mol. The van der Waals surface area contributed by atoms with Gasteiger partial charge in [0.25, 0.3) is 0 Å². The van der Waals surface area contributed by atoms with E-state index in [9.17, 15) is 0 Å². The molecule has 0 spiro atoms. The maximum Gasteiger partial charge on any atom is 0.121 e. The molecule has 0 amide bonds. The van der Waals surface area contributed by atoms with Gasteiger partial charge in [-0.05, 0) is 115 Å². The van der Waals surface area contributed by atoms with Crippen LogP contribution in [0.2, 0.25) is 19.6 Å². The van der Waals surface area contributed by atoms with Gasteiger partial charge in [-0.3, -0.25) is 4.98 Å². The minimum Gasteiger partial charge on any atom is -0.501 e. The molecule has 3 aromatic heterocycles. The fourth-order valence-corrected chi connectivity index (χ4v) is 11.5. The second-order valence-corrected chi connectivity index (χ2v) is 25.4. The largest absolute Gasteiger partial charge is 0.501 e. The van der Waals surface area contributed by atoms with Gasteiger partial charge in [-0.1, -0.05) is 163 Å². The number of fused-ring (bicyclic) bond motifs is 7. The number of para-hydroxylation sites is 2. The Labute approximate surface area is 421 Å². The molecule has 0 bridgehead atoms. The Morgan fingerprint density at radius 1 is 0.609 bits per heavy atom. The molecule has 0 fully saturated rings. The Bertz CT molecular complexity index is 3590. The molecule has 0 atom stereocenters. The van der Waals surface area contributed by atoms with Gasteiger partial charge in [-0.15, -0.1) is 54.1 Å². The van der Waals surface area contributed by atoms with Gasteiger partial charge in [0.05, 0.1) is 30.5 Å². The predicted octanol–water partition coefficient (Wildman–Crippen LogP) is 16.9. The Morgan fingerprint density at radius 3 is 2.01 bits per heavy atom. The van der Waals surface area contributed by atoms with E-state index in [1.807, 2.05) is 24.3 Å². The summed E-state index contributed by atoms with van der Waals surface area (Å²) in [6.07, 6.45) is 3.24. The molecule has 69 heavy (non-hydrogen) atoms. The summed E-state index contributed by atoms with van der Waals surface area (Å²) in [4.78, 5) is 10.0. The molecule has 4 nitrogen and oxygen atoms in total. The van der Waals surface area contributed by atoms with Gasteiger partial charge in [-0.2, -0.15) is 0 Å². The van der Waals surface area contributed by atoms with E-state index in [4.69, 9.17) is 9.40 Å². The van der Waals surface area contributed by atoms with E-state index in [-0.39, 0.29) is 31.9 Å². The van der Waals surface area contributed by atoms with Gasteiger partial charge in [0.15, 0.2) is 0 Å². The van der Waals surface area contributed by atoms with E-state index in [1.54, 1.807) is 0 Å². The van der Waals surface area contributed by atoms with Crippen molar-refractivity contribution in [2.45, 2.75) is 79.4 Å². The van der Waals surface area contributed by atoms with Crippen molar-refractivity contribution in [2.24, 2.45) is 5.92 Å². The van der Waals surface area contributed by atoms with Gasteiger partial charge in [0.2, 0.25) is 0 Å². The average Bonchev–Trinajstić information content (AvgIpc) is 3.91. The molecular formula is C63H59IrN3OSi-2. The van der Waals surface area contributed by atoms with Crippen molar-refractivity contribution in [1.82, 2.24) is 14.5 Å². The van der Waals surface area contributed by atoms with Crippen LogP contribution < -0.4 is 5.19 Å². The van der Waals surface area contributed by atoms with Crippen molar-refractivity contribution in [2.75, 3.05) is 0 Å². The molecule has 8 aromatic carbocycles. The Kier molecular flexibility index (Phi) is 13.5. The first-order chi connectivity index (χ1) is 32.8. The van der Waals surface area contributed by atoms with Crippen LogP contribution in [-0.2, 0) is 26.5 Å². The number of hydrogen-bond donors (Lipinski definition) is 0. The fraction of sp³-hybridized carbons (Fsp3) is 0.206. The topological polar surface area (TPSA) is 43.9 Å². The molecule has 0 aliphatic carbocycles. The molecule has 0 unspecified atom stereocenters. The van der Waals surface area contributed by atoms with Gasteiger partial charge in [0, 0.05) is 37.4 Å². The summed E-state index contributed by atoms with van der Waals surface area (Å²) < 4.78 is 9.20. The van der Waals surface area contributed by atoms with Crippen LogP contribution in [0.4, 0.5) is 0 Å². The maximum absolute atomic E-state index is 6.83. The Hall–Kier alpha value is -6.43. The number of rotatable bonds is 9. The molecule has 0 aliphatic heterocycles. The first-order valence-electron chi connectivity index (χ1n) is 24.2. The van der Waals surface area contributed by atoms with Crippen LogP contribution in [0, 0.1) is 18.1 Å². The molecule has 3 heterocycles. The molecule has 6 heteroatoms. The SMILES string of the molecule is CC(C)Cc1cc(-c2[c-]cccc2)ncc1[Si](C)(C)C.CC(C)c1cc(-c2ccccc2)cc(C(C)C)c1-n1c(-c2[c-]ccc3c2oc2cc4c(ccc5ccccc54)cc23)nc2ccccc21.[Ir]. The van der Waals surface area contributed by atoms with Crippen molar-refractivity contribution in [3.63, 3.8) is 0 Å². The van der Waals surface area contributed by atoms with Crippen molar-refractivity contribution < 1.29 is 24.5 Å². The van der Waals surface area contributed by atoms with Crippen LogP contribution in [0.15, 0.2) is 168 Å². The molecule has 1 radical (unpaired) electrons. The van der Waals surface area contributed by atoms with Crippen LogP contribution in [0.1, 0.15) is 70.1 Å². The number of pyridine rings is 1. The van der Waals surface area contributed by atoms with E-state index in [0.29, 0.717) is 5.92 Å². The van der Waals surface area contributed by atoms with Crippen LogP contribution in [-0.4, -0.2) is 22.6 Å². The third-order valence-corrected chi connectivity index (χ3v) is 15.3. The Morgan fingerprint density at radius 2 is 1.30 bits per heavy atom. The molecule has 11 aromatic rings. The number of nitrogens with zero attached hydrogens (tertiary/aromatic N) is 3. The summed E-state index contributed by atoms with van der Waals surface area (Å²) in [5.41, 5.74) is 14.4. The summed E-state index contributed by atoms with van der Waals surface area (Å²) in [7, 11) is -1.34. The van der Waals surface area contributed by atoms with Crippen molar-refractivity contribution in [3.05, 3.63) is 193 Å². The monoisotopic (exact) mass is 1090 g/mol. The Balaban J connectivity index is 0.000000238. The van der Waals surface area contributed by atoms with Crippen LogP contribution in [0.5, 0.6) is 0 Å². The maximum atomic E-state index is 6.83. The first kappa shape index (κ1) is 47.6. The van der Waals surface area contributed by atoms with Gasteiger partial charge in [-0.25, -0.2) is 0 Å². The number of benzene rings is 8. The predicted molar refractivity (Wildman–Crippen MR) is 291 cm³/mol. The molecule has 0 aliphatic rings. The minimum atomic E-state index is -1.34. The minimum absolute atomic E-state index is 0. The quantitative estimate of drug-likeness (QED) is 0.0822. The van der Waals surface area contributed by atoms with Crippen molar-refractivity contribution in [1.29, 1.82) is 0 Å². The van der Waals surface area contributed by atoms with E-state index in [2.05, 4.69) is 223 Å². The molecule has 347 valence electrons. The summed E-state index contributed by atoms with van der Waals surface area (Å²) in [6.45, 7) is 20.9. The summed E-state index contributed by atoms with van der Waals surface area (Å²) >= 11 is 0.